The third kappa shape index (κ3) is 2.60. The van der Waals surface area contributed by atoms with Gasteiger partial charge in [-0.2, -0.15) is 5.26 Å². The van der Waals surface area contributed by atoms with Crippen molar-refractivity contribution in [3.05, 3.63) is 71.8 Å². The Labute approximate surface area is 127 Å². The number of carbonyl (C=O) groups excluding carboxylic acids is 1. The SMILES string of the molecule is N#Cc1ccc(C(=O)Nc2cc3ccccc3cc2O)cc1. The Hall–Kier alpha value is -3.32. The molecule has 0 saturated heterocycles. The number of nitrogens with one attached hydrogen (secondary N) is 1. The van der Waals surface area contributed by atoms with Crippen LogP contribution in [0.15, 0.2) is 60.7 Å². The van der Waals surface area contributed by atoms with E-state index in [0.717, 1.165) is 10.8 Å². The Balaban J connectivity index is 1.90. The third-order valence-electron chi connectivity index (χ3n) is 3.39. The van der Waals surface area contributed by atoms with Gasteiger partial charge in [-0.15, -0.1) is 0 Å². The molecule has 22 heavy (non-hydrogen) atoms. The van der Waals surface area contributed by atoms with Gasteiger partial charge in [0.05, 0.1) is 17.3 Å². The van der Waals surface area contributed by atoms with Crippen molar-refractivity contribution in [3.63, 3.8) is 0 Å². The van der Waals surface area contributed by atoms with Crippen LogP contribution < -0.4 is 5.32 Å². The van der Waals surface area contributed by atoms with Crippen molar-refractivity contribution in [3.8, 4) is 11.8 Å². The maximum atomic E-state index is 12.2. The fraction of sp³-hybridized carbons (Fsp3) is 0. The van der Waals surface area contributed by atoms with Crippen LogP contribution in [0.3, 0.4) is 0 Å². The van der Waals surface area contributed by atoms with Crippen molar-refractivity contribution >= 4 is 22.4 Å². The van der Waals surface area contributed by atoms with E-state index in [-0.39, 0.29) is 11.7 Å². The number of phenols is 1. The highest BCUT2D eigenvalue weighted by atomic mass is 16.3. The van der Waals surface area contributed by atoms with Gasteiger partial charge in [0.1, 0.15) is 5.75 Å². The summed E-state index contributed by atoms with van der Waals surface area (Å²) in [6.45, 7) is 0. The maximum Gasteiger partial charge on any atom is 0.255 e. The molecule has 0 atom stereocenters. The van der Waals surface area contributed by atoms with E-state index in [4.69, 9.17) is 5.26 Å². The van der Waals surface area contributed by atoms with E-state index >= 15 is 0 Å². The zero-order valence-electron chi connectivity index (χ0n) is 11.6. The first-order valence-electron chi connectivity index (χ1n) is 6.70. The second-order valence-corrected chi connectivity index (χ2v) is 4.86. The summed E-state index contributed by atoms with van der Waals surface area (Å²) in [5.74, 6) is -0.323. The number of amides is 1. The molecule has 0 radical (unpaired) electrons. The van der Waals surface area contributed by atoms with Gasteiger partial charge >= 0.3 is 0 Å². The first-order chi connectivity index (χ1) is 10.7. The van der Waals surface area contributed by atoms with Crippen LogP contribution in [0.4, 0.5) is 5.69 Å². The van der Waals surface area contributed by atoms with Crippen LogP contribution >= 0.6 is 0 Å². The van der Waals surface area contributed by atoms with E-state index < -0.39 is 0 Å². The molecule has 3 rings (SSSR count). The minimum atomic E-state index is -0.338. The molecule has 4 heteroatoms. The lowest BCUT2D eigenvalue weighted by Crippen LogP contribution is -2.11. The Morgan fingerprint density at radius 1 is 1.00 bits per heavy atom. The molecule has 0 aliphatic rings. The minimum absolute atomic E-state index is 0.0145. The van der Waals surface area contributed by atoms with Crippen molar-refractivity contribution in [2.75, 3.05) is 5.32 Å². The molecule has 2 N–H and O–H groups in total. The molecule has 0 unspecified atom stereocenters. The van der Waals surface area contributed by atoms with Crippen molar-refractivity contribution in [1.82, 2.24) is 0 Å². The van der Waals surface area contributed by atoms with Crippen LogP contribution in [0.5, 0.6) is 5.75 Å². The van der Waals surface area contributed by atoms with Crippen LogP contribution in [0.2, 0.25) is 0 Å². The summed E-state index contributed by atoms with van der Waals surface area (Å²) in [4.78, 5) is 12.2. The molecule has 3 aromatic carbocycles. The van der Waals surface area contributed by atoms with Gasteiger partial charge in [-0.05, 0) is 47.2 Å². The third-order valence-corrected chi connectivity index (χ3v) is 3.39. The van der Waals surface area contributed by atoms with Gasteiger partial charge in [-0.25, -0.2) is 0 Å². The molecule has 3 aromatic rings. The highest BCUT2D eigenvalue weighted by molar-refractivity contribution is 6.06. The number of anilines is 1. The second kappa shape index (κ2) is 5.58. The summed E-state index contributed by atoms with van der Waals surface area (Å²) >= 11 is 0. The zero-order chi connectivity index (χ0) is 15.5. The Kier molecular flexibility index (Phi) is 3.47. The number of nitrogens with zero attached hydrogens (tertiary/aromatic N) is 1. The molecule has 0 spiro atoms. The number of benzene rings is 3. The molecule has 0 fully saturated rings. The average Bonchev–Trinajstić information content (AvgIpc) is 2.55. The molecule has 4 nitrogen and oxygen atoms in total. The molecule has 0 aliphatic heterocycles. The van der Waals surface area contributed by atoms with Crippen molar-refractivity contribution < 1.29 is 9.90 Å². The monoisotopic (exact) mass is 288 g/mol. The summed E-state index contributed by atoms with van der Waals surface area (Å²) in [6, 6.07) is 19.2. The van der Waals surface area contributed by atoms with E-state index in [1.807, 2.05) is 30.3 Å². The highest BCUT2D eigenvalue weighted by Crippen LogP contribution is 2.29. The van der Waals surface area contributed by atoms with Gasteiger partial charge in [0.15, 0.2) is 0 Å². The van der Waals surface area contributed by atoms with Crippen LogP contribution in [0.1, 0.15) is 15.9 Å². The fourth-order valence-electron chi connectivity index (χ4n) is 2.22. The number of phenolic OH excluding ortho intramolecular Hbond substituents is 1. The van der Waals surface area contributed by atoms with Gasteiger partial charge in [-0.3, -0.25) is 4.79 Å². The van der Waals surface area contributed by atoms with E-state index in [9.17, 15) is 9.90 Å². The topological polar surface area (TPSA) is 73.1 Å². The molecule has 106 valence electrons. The Morgan fingerprint density at radius 2 is 1.64 bits per heavy atom. The molecular formula is C18H12N2O2. The number of rotatable bonds is 2. The molecule has 0 bridgehead atoms. The average molecular weight is 288 g/mol. The second-order valence-electron chi connectivity index (χ2n) is 4.86. The lowest BCUT2D eigenvalue weighted by atomic mass is 10.1. The van der Waals surface area contributed by atoms with E-state index in [1.54, 1.807) is 36.4 Å². The largest absolute Gasteiger partial charge is 0.506 e. The quantitative estimate of drug-likeness (QED) is 0.707. The number of nitriles is 1. The first-order valence-corrected chi connectivity index (χ1v) is 6.70. The first kappa shape index (κ1) is 13.7. The smallest absolute Gasteiger partial charge is 0.255 e. The summed E-state index contributed by atoms with van der Waals surface area (Å²) in [6.07, 6.45) is 0. The molecule has 0 heterocycles. The number of aromatic hydroxyl groups is 1. The predicted octanol–water partition coefficient (Wildman–Crippen LogP) is 3.67. The number of fused-ring (bicyclic) bond motifs is 1. The van der Waals surface area contributed by atoms with E-state index in [2.05, 4.69) is 5.32 Å². The van der Waals surface area contributed by atoms with Gasteiger partial charge in [0.25, 0.3) is 5.91 Å². The molecule has 0 aliphatic carbocycles. The standard InChI is InChI=1S/C18H12N2O2/c19-11-12-5-7-13(8-6-12)18(22)20-16-9-14-3-1-2-4-15(14)10-17(16)21/h1-10,21H,(H,20,22). The van der Waals surface area contributed by atoms with E-state index in [1.165, 1.54) is 0 Å². The summed E-state index contributed by atoms with van der Waals surface area (Å²) in [5, 5.41) is 23.3. The molecule has 0 aromatic heterocycles. The molecule has 1 amide bonds. The van der Waals surface area contributed by atoms with E-state index in [0.29, 0.717) is 16.8 Å². The molecular weight excluding hydrogens is 276 g/mol. The maximum absolute atomic E-state index is 12.2. The van der Waals surface area contributed by atoms with Crippen LogP contribution in [-0.2, 0) is 0 Å². The lowest BCUT2D eigenvalue weighted by Gasteiger charge is -2.09. The zero-order valence-corrected chi connectivity index (χ0v) is 11.6. The summed E-state index contributed by atoms with van der Waals surface area (Å²) < 4.78 is 0. The van der Waals surface area contributed by atoms with Crippen molar-refractivity contribution in [2.45, 2.75) is 0 Å². The summed E-state index contributed by atoms with van der Waals surface area (Å²) in [5.41, 5.74) is 1.27. The predicted molar refractivity (Wildman–Crippen MR) is 84.7 cm³/mol. The lowest BCUT2D eigenvalue weighted by molar-refractivity contribution is 0.102. The van der Waals surface area contributed by atoms with Crippen LogP contribution in [0, 0.1) is 11.3 Å². The fourth-order valence-corrected chi connectivity index (χ4v) is 2.22. The van der Waals surface area contributed by atoms with Crippen molar-refractivity contribution in [1.29, 1.82) is 5.26 Å². The number of hydrogen-bond acceptors (Lipinski definition) is 3. The normalized spacial score (nSPS) is 10.1. The van der Waals surface area contributed by atoms with Crippen molar-refractivity contribution in [2.24, 2.45) is 0 Å². The number of hydrogen-bond donors (Lipinski definition) is 2. The van der Waals surface area contributed by atoms with Crippen LogP contribution in [-0.4, -0.2) is 11.0 Å². The van der Waals surface area contributed by atoms with Crippen LogP contribution in [0.25, 0.3) is 10.8 Å². The summed E-state index contributed by atoms with van der Waals surface area (Å²) in [7, 11) is 0. The van der Waals surface area contributed by atoms with Gasteiger partial charge < -0.3 is 10.4 Å². The van der Waals surface area contributed by atoms with Gasteiger partial charge in [0.2, 0.25) is 0 Å². The molecule has 0 saturated carbocycles. The Morgan fingerprint density at radius 3 is 2.27 bits per heavy atom. The highest BCUT2D eigenvalue weighted by Gasteiger charge is 2.10. The Bertz CT molecular complexity index is 893. The van der Waals surface area contributed by atoms with Gasteiger partial charge in [0, 0.05) is 5.56 Å². The minimum Gasteiger partial charge on any atom is -0.506 e. The number of carbonyl (C=O) groups is 1. The van der Waals surface area contributed by atoms with Gasteiger partial charge in [-0.1, -0.05) is 24.3 Å².